The molecule has 0 radical (unpaired) electrons. The lowest BCUT2D eigenvalue weighted by Crippen LogP contribution is -2.20. The Labute approximate surface area is 95.2 Å². The predicted octanol–water partition coefficient (Wildman–Crippen LogP) is 2.37. The maximum Gasteiger partial charge on any atom is 0.318 e. The molecule has 4 nitrogen and oxygen atoms in total. The molecule has 1 rings (SSSR count). The molecule has 1 heterocycles. The molecule has 0 bridgehead atoms. The van der Waals surface area contributed by atoms with Gasteiger partial charge in [-0.1, -0.05) is 24.9 Å². The van der Waals surface area contributed by atoms with Gasteiger partial charge >= 0.3 is 6.01 Å². The van der Waals surface area contributed by atoms with Gasteiger partial charge in [-0.15, -0.1) is 0 Å². The fourth-order valence-electron chi connectivity index (χ4n) is 1.21. The van der Waals surface area contributed by atoms with Crippen molar-refractivity contribution in [2.45, 2.75) is 19.8 Å². The van der Waals surface area contributed by atoms with Crippen LogP contribution in [-0.2, 0) is 0 Å². The molecule has 1 aromatic rings. The third kappa shape index (κ3) is 3.23. The predicted molar refractivity (Wildman–Crippen MR) is 61.8 cm³/mol. The van der Waals surface area contributed by atoms with Gasteiger partial charge in [0, 0.05) is 13.6 Å². The second-order valence-corrected chi connectivity index (χ2v) is 3.71. The van der Waals surface area contributed by atoms with E-state index in [0.29, 0.717) is 11.0 Å². The summed E-state index contributed by atoms with van der Waals surface area (Å²) in [6.07, 6.45) is 3.81. The highest BCUT2D eigenvalue weighted by Crippen LogP contribution is 2.23. The van der Waals surface area contributed by atoms with Gasteiger partial charge < -0.3 is 9.64 Å². The molecule has 0 aromatic carbocycles. The van der Waals surface area contributed by atoms with E-state index in [9.17, 15) is 0 Å². The van der Waals surface area contributed by atoms with Gasteiger partial charge in [0.2, 0.25) is 0 Å². The Hall–Kier alpha value is -1.03. The summed E-state index contributed by atoms with van der Waals surface area (Å²) in [4.78, 5) is 10.1. The van der Waals surface area contributed by atoms with Crippen LogP contribution < -0.4 is 9.64 Å². The van der Waals surface area contributed by atoms with Crippen LogP contribution in [0.15, 0.2) is 6.20 Å². The number of nitrogens with zero attached hydrogens (tertiary/aromatic N) is 3. The first-order valence-electron chi connectivity index (χ1n) is 4.96. The Morgan fingerprint density at radius 2 is 2.27 bits per heavy atom. The van der Waals surface area contributed by atoms with E-state index < -0.39 is 0 Å². The quantitative estimate of drug-likeness (QED) is 0.777. The summed E-state index contributed by atoms with van der Waals surface area (Å²) in [6, 6.07) is 0.345. The van der Waals surface area contributed by atoms with Crippen LogP contribution in [0.3, 0.4) is 0 Å². The van der Waals surface area contributed by atoms with Crippen LogP contribution in [0.2, 0.25) is 5.02 Å². The summed E-state index contributed by atoms with van der Waals surface area (Å²) in [6.45, 7) is 3.08. The molecule has 15 heavy (non-hydrogen) atoms. The summed E-state index contributed by atoms with van der Waals surface area (Å²) in [5.74, 6) is 0.719. The molecule has 5 heteroatoms. The van der Waals surface area contributed by atoms with Crippen LogP contribution in [0.1, 0.15) is 19.8 Å². The molecule has 0 unspecified atom stereocenters. The minimum Gasteiger partial charge on any atom is -0.467 e. The number of methoxy groups -OCH3 is 1. The normalized spacial score (nSPS) is 10.1. The van der Waals surface area contributed by atoms with E-state index in [1.165, 1.54) is 0 Å². The van der Waals surface area contributed by atoms with E-state index in [0.717, 1.165) is 25.2 Å². The number of aromatic nitrogens is 2. The Balaban J connectivity index is 2.81. The zero-order valence-electron chi connectivity index (χ0n) is 9.33. The number of halogens is 1. The van der Waals surface area contributed by atoms with Crippen molar-refractivity contribution in [1.82, 2.24) is 9.97 Å². The van der Waals surface area contributed by atoms with Crippen molar-refractivity contribution in [1.29, 1.82) is 0 Å². The minimum atomic E-state index is 0.345. The molecular formula is C10H16ClN3O. The highest BCUT2D eigenvalue weighted by atomic mass is 35.5. The summed E-state index contributed by atoms with van der Waals surface area (Å²) >= 11 is 6.00. The standard InChI is InChI=1S/C10H16ClN3O/c1-4-5-6-14(2)9-8(11)7-12-10(13-9)15-3/h7H,4-6H2,1-3H3. The first-order chi connectivity index (χ1) is 7.19. The van der Waals surface area contributed by atoms with Crippen LogP contribution in [0, 0.1) is 0 Å². The highest BCUT2D eigenvalue weighted by Gasteiger charge is 2.09. The van der Waals surface area contributed by atoms with Gasteiger partial charge in [-0.05, 0) is 6.42 Å². The molecule has 0 N–H and O–H groups in total. The number of rotatable bonds is 5. The smallest absolute Gasteiger partial charge is 0.318 e. The molecule has 0 fully saturated rings. The minimum absolute atomic E-state index is 0.345. The van der Waals surface area contributed by atoms with Crippen molar-refractivity contribution in [2.24, 2.45) is 0 Å². The van der Waals surface area contributed by atoms with Crippen LogP contribution in [0.25, 0.3) is 0 Å². The second kappa shape index (κ2) is 5.75. The van der Waals surface area contributed by atoms with Gasteiger partial charge in [0.15, 0.2) is 5.82 Å². The molecule has 0 amide bonds. The molecule has 0 saturated heterocycles. The van der Waals surface area contributed by atoms with Crippen molar-refractivity contribution in [3.05, 3.63) is 11.2 Å². The van der Waals surface area contributed by atoms with Crippen molar-refractivity contribution in [3.63, 3.8) is 0 Å². The van der Waals surface area contributed by atoms with Gasteiger partial charge in [0.25, 0.3) is 0 Å². The summed E-state index contributed by atoms with van der Waals surface area (Å²) in [5, 5.41) is 0.550. The number of anilines is 1. The molecule has 0 aliphatic carbocycles. The average molecular weight is 230 g/mol. The van der Waals surface area contributed by atoms with Gasteiger partial charge in [0.1, 0.15) is 5.02 Å². The Kier molecular flexibility index (Phi) is 4.62. The lowest BCUT2D eigenvalue weighted by molar-refractivity contribution is 0.380. The Morgan fingerprint density at radius 1 is 1.53 bits per heavy atom. The monoisotopic (exact) mass is 229 g/mol. The molecule has 0 spiro atoms. The fraction of sp³-hybridized carbons (Fsp3) is 0.600. The van der Waals surface area contributed by atoms with E-state index in [-0.39, 0.29) is 0 Å². The molecule has 0 aliphatic rings. The number of hydrogen-bond acceptors (Lipinski definition) is 4. The second-order valence-electron chi connectivity index (χ2n) is 3.30. The van der Waals surface area contributed by atoms with E-state index in [4.69, 9.17) is 16.3 Å². The summed E-state index contributed by atoms with van der Waals surface area (Å²) in [7, 11) is 3.50. The summed E-state index contributed by atoms with van der Waals surface area (Å²) in [5.41, 5.74) is 0. The van der Waals surface area contributed by atoms with Crippen molar-refractivity contribution in [3.8, 4) is 6.01 Å². The van der Waals surface area contributed by atoms with Crippen LogP contribution in [-0.4, -0.2) is 30.7 Å². The number of unbranched alkanes of at least 4 members (excludes halogenated alkanes) is 1. The molecular weight excluding hydrogens is 214 g/mol. The van der Waals surface area contributed by atoms with E-state index in [1.54, 1.807) is 13.3 Å². The lowest BCUT2D eigenvalue weighted by atomic mass is 10.3. The van der Waals surface area contributed by atoms with Crippen LogP contribution in [0.4, 0.5) is 5.82 Å². The molecule has 1 aromatic heterocycles. The van der Waals surface area contributed by atoms with Crippen LogP contribution in [0.5, 0.6) is 6.01 Å². The SMILES string of the molecule is CCCCN(C)c1nc(OC)ncc1Cl. The summed E-state index contributed by atoms with van der Waals surface area (Å²) < 4.78 is 4.96. The third-order valence-electron chi connectivity index (χ3n) is 2.09. The third-order valence-corrected chi connectivity index (χ3v) is 2.36. The lowest BCUT2D eigenvalue weighted by Gasteiger charge is -2.18. The van der Waals surface area contributed by atoms with E-state index in [1.807, 2.05) is 11.9 Å². The fourth-order valence-corrected chi connectivity index (χ4v) is 1.45. The molecule has 0 atom stereocenters. The van der Waals surface area contributed by atoms with Gasteiger partial charge in [0.05, 0.1) is 13.3 Å². The molecule has 0 aliphatic heterocycles. The molecule has 84 valence electrons. The topological polar surface area (TPSA) is 38.2 Å². The maximum atomic E-state index is 6.00. The highest BCUT2D eigenvalue weighted by molar-refractivity contribution is 6.32. The van der Waals surface area contributed by atoms with Crippen molar-refractivity contribution >= 4 is 17.4 Å². The van der Waals surface area contributed by atoms with Gasteiger partial charge in [-0.25, -0.2) is 4.98 Å². The zero-order chi connectivity index (χ0) is 11.3. The van der Waals surface area contributed by atoms with Crippen molar-refractivity contribution in [2.75, 3.05) is 25.6 Å². The Bertz CT molecular complexity index is 320. The first kappa shape index (κ1) is 12.0. The largest absolute Gasteiger partial charge is 0.467 e. The number of ether oxygens (including phenoxy) is 1. The van der Waals surface area contributed by atoms with Gasteiger partial charge in [-0.3, -0.25) is 0 Å². The maximum absolute atomic E-state index is 6.00. The number of hydrogen-bond donors (Lipinski definition) is 0. The Morgan fingerprint density at radius 3 is 2.87 bits per heavy atom. The van der Waals surface area contributed by atoms with Crippen LogP contribution >= 0.6 is 11.6 Å². The van der Waals surface area contributed by atoms with Crippen molar-refractivity contribution < 1.29 is 4.74 Å². The molecule has 0 saturated carbocycles. The van der Waals surface area contributed by atoms with Gasteiger partial charge in [-0.2, -0.15) is 4.98 Å². The first-order valence-corrected chi connectivity index (χ1v) is 5.34. The van der Waals surface area contributed by atoms with E-state index >= 15 is 0 Å². The zero-order valence-corrected chi connectivity index (χ0v) is 10.1. The average Bonchev–Trinajstić information content (AvgIpc) is 2.26. The van der Waals surface area contributed by atoms with E-state index in [2.05, 4.69) is 16.9 Å².